The van der Waals surface area contributed by atoms with Gasteiger partial charge in [0.1, 0.15) is 11.9 Å². The van der Waals surface area contributed by atoms with E-state index in [0.29, 0.717) is 0 Å². The molecule has 1 aromatic heterocycles. The zero-order valence-corrected chi connectivity index (χ0v) is 20.9. The summed E-state index contributed by atoms with van der Waals surface area (Å²) in [6, 6.07) is 38.0. The fourth-order valence-corrected chi connectivity index (χ4v) is 5.35. The number of allylic oxidation sites excluding steroid dienone is 3. The van der Waals surface area contributed by atoms with Crippen molar-refractivity contribution in [3.8, 4) is 11.4 Å². The van der Waals surface area contributed by atoms with Crippen LogP contribution in [-0.4, -0.2) is 21.8 Å². The fourth-order valence-electron chi connectivity index (χ4n) is 5.35. The van der Waals surface area contributed by atoms with Crippen molar-refractivity contribution in [1.29, 1.82) is 0 Å². The van der Waals surface area contributed by atoms with Crippen LogP contribution in [0.3, 0.4) is 0 Å². The molecule has 0 bridgehead atoms. The number of nitrogens with zero attached hydrogens (tertiary/aromatic N) is 4. The summed E-state index contributed by atoms with van der Waals surface area (Å²) >= 11 is 0. The average Bonchev–Trinajstić information content (AvgIpc) is 3.38. The van der Waals surface area contributed by atoms with E-state index in [4.69, 9.17) is 9.98 Å². The molecule has 1 aliphatic heterocycles. The predicted molar refractivity (Wildman–Crippen MR) is 158 cm³/mol. The maximum atomic E-state index is 5.10. The Morgan fingerprint density at radius 3 is 2.11 bits per heavy atom. The molecule has 0 fully saturated rings. The summed E-state index contributed by atoms with van der Waals surface area (Å²) in [6.07, 6.45) is 11.6. The van der Waals surface area contributed by atoms with E-state index >= 15 is 0 Å². The van der Waals surface area contributed by atoms with Gasteiger partial charge in [0.25, 0.3) is 0 Å². The molecule has 0 radical (unpaired) electrons. The van der Waals surface area contributed by atoms with Crippen LogP contribution in [0.2, 0.25) is 0 Å². The summed E-state index contributed by atoms with van der Waals surface area (Å²) in [7, 11) is 0. The largest absolute Gasteiger partial charge is 0.311 e. The Morgan fingerprint density at radius 1 is 0.711 bits per heavy atom. The molecule has 4 aromatic carbocycles. The third-order valence-electron chi connectivity index (χ3n) is 7.10. The number of aromatic nitrogens is 2. The SMILES string of the molecule is C1=CC2=CCC=NC2C(n2c(-c3ccc(N(c4ccccc4)c4ccccc4)cc3)nc3ccccc32)=C1. The Morgan fingerprint density at radius 2 is 1.37 bits per heavy atom. The van der Waals surface area contributed by atoms with Crippen molar-refractivity contribution in [3.63, 3.8) is 0 Å². The predicted octanol–water partition coefficient (Wildman–Crippen LogP) is 8.35. The quantitative estimate of drug-likeness (QED) is 0.248. The number of para-hydroxylation sites is 4. The Balaban J connectivity index is 1.35. The lowest BCUT2D eigenvalue weighted by atomic mass is 9.95. The van der Waals surface area contributed by atoms with Crippen molar-refractivity contribution >= 4 is 40.0 Å². The summed E-state index contributed by atoms with van der Waals surface area (Å²) < 4.78 is 2.28. The van der Waals surface area contributed by atoms with Crippen molar-refractivity contribution in [1.82, 2.24) is 9.55 Å². The molecular formula is C34H26N4. The van der Waals surface area contributed by atoms with Gasteiger partial charge in [0, 0.05) is 35.3 Å². The van der Waals surface area contributed by atoms with Crippen LogP contribution in [0.5, 0.6) is 0 Å². The summed E-state index contributed by atoms with van der Waals surface area (Å²) in [5, 5.41) is 0. The molecule has 4 nitrogen and oxygen atoms in total. The molecule has 5 aromatic rings. The molecule has 4 heteroatoms. The minimum Gasteiger partial charge on any atom is -0.311 e. The highest BCUT2D eigenvalue weighted by Gasteiger charge is 2.26. The Bertz CT molecular complexity index is 1680. The van der Waals surface area contributed by atoms with E-state index in [2.05, 4.69) is 125 Å². The van der Waals surface area contributed by atoms with Gasteiger partial charge in [-0.3, -0.25) is 9.56 Å². The molecule has 1 aliphatic carbocycles. The lowest BCUT2D eigenvalue weighted by Crippen LogP contribution is -2.20. The van der Waals surface area contributed by atoms with Crippen LogP contribution in [-0.2, 0) is 0 Å². The number of imidazole rings is 1. The number of anilines is 3. The van der Waals surface area contributed by atoms with Gasteiger partial charge in [-0.2, -0.15) is 0 Å². The van der Waals surface area contributed by atoms with Crippen molar-refractivity contribution in [2.24, 2.45) is 4.99 Å². The van der Waals surface area contributed by atoms with E-state index in [-0.39, 0.29) is 6.04 Å². The zero-order chi connectivity index (χ0) is 25.3. The average molecular weight is 491 g/mol. The van der Waals surface area contributed by atoms with Gasteiger partial charge in [-0.15, -0.1) is 0 Å². The normalized spacial score (nSPS) is 16.2. The molecule has 7 rings (SSSR count). The lowest BCUT2D eigenvalue weighted by molar-refractivity contribution is 0.899. The van der Waals surface area contributed by atoms with Crippen LogP contribution in [0.1, 0.15) is 6.42 Å². The van der Waals surface area contributed by atoms with Crippen molar-refractivity contribution in [2.75, 3.05) is 4.90 Å². The number of dihydropyridines is 1. The molecular weight excluding hydrogens is 464 g/mol. The van der Waals surface area contributed by atoms with Crippen LogP contribution in [0, 0.1) is 0 Å². The minimum atomic E-state index is -0.0176. The first-order valence-corrected chi connectivity index (χ1v) is 13.0. The molecule has 0 saturated carbocycles. The van der Waals surface area contributed by atoms with Crippen molar-refractivity contribution in [3.05, 3.63) is 139 Å². The molecule has 0 saturated heterocycles. The van der Waals surface area contributed by atoms with Crippen LogP contribution in [0.15, 0.2) is 144 Å². The smallest absolute Gasteiger partial charge is 0.145 e. The molecule has 0 spiro atoms. The first kappa shape index (κ1) is 22.3. The summed E-state index contributed by atoms with van der Waals surface area (Å²) in [5.74, 6) is 0.922. The first-order valence-electron chi connectivity index (χ1n) is 13.0. The van der Waals surface area contributed by atoms with E-state index in [9.17, 15) is 0 Å². The van der Waals surface area contributed by atoms with Gasteiger partial charge in [-0.25, -0.2) is 4.98 Å². The van der Waals surface area contributed by atoms with E-state index in [1.165, 1.54) is 5.57 Å². The Labute approximate surface area is 222 Å². The highest BCUT2D eigenvalue weighted by atomic mass is 15.1. The van der Waals surface area contributed by atoms with Gasteiger partial charge in [0.05, 0.1) is 16.7 Å². The molecule has 2 heterocycles. The third-order valence-corrected chi connectivity index (χ3v) is 7.10. The molecule has 0 amide bonds. The lowest BCUT2D eigenvalue weighted by Gasteiger charge is -2.26. The molecule has 38 heavy (non-hydrogen) atoms. The topological polar surface area (TPSA) is 33.4 Å². The van der Waals surface area contributed by atoms with Gasteiger partial charge in [-0.05, 0) is 72.3 Å². The first-order chi connectivity index (χ1) is 18.9. The maximum absolute atomic E-state index is 5.10. The molecule has 182 valence electrons. The van der Waals surface area contributed by atoms with E-state index in [0.717, 1.165) is 51.6 Å². The van der Waals surface area contributed by atoms with Gasteiger partial charge in [0.2, 0.25) is 0 Å². The Kier molecular flexibility index (Phi) is 5.56. The van der Waals surface area contributed by atoms with Crippen molar-refractivity contribution in [2.45, 2.75) is 12.5 Å². The molecule has 1 atom stereocenters. The van der Waals surface area contributed by atoms with Crippen LogP contribution in [0.4, 0.5) is 17.1 Å². The second-order valence-corrected chi connectivity index (χ2v) is 9.44. The van der Waals surface area contributed by atoms with Gasteiger partial charge in [0.15, 0.2) is 0 Å². The van der Waals surface area contributed by atoms with E-state index < -0.39 is 0 Å². The number of hydrogen-bond acceptors (Lipinski definition) is 3. The summed E-state index contributed by atoms with van der Waals surface area (Å²) in [6.45, 7) is 0. The van der Waals surface area contributed by atoms with Gasteiger partial charge >= 0.3 is 0 Å². The monoisotopic (exact) mass is 490 g/mol. The summed E-state index contributed by atoms with van der Waals surface area (Å²) in [5.41, 5.74) is 8.82. The van der Waals surface area contributed by atoms with Crippen molar-refractivity contribution < 1.29 is 0 Å². The second kappa shape index (κ2) is 9.49. The number of benzene rings is 4. The van der Waals surface area contributed by atoms with Gasteiger partial charge < -0.3 is 4.90 Å². The molecule has 2 aliphatic rings. The van der Waals surface area contributed by atoms with Crippen LogP contribution >= 0.6 is 0 Å². The van der Waals surface area contributed by atoms with Gasteiger partial charge in [-0.1, -0.05) is 66.8 Å². The fraction of sp³-hybridized carbons (Fsp3) is 0.0588. The Hall–Kier alpha value is -4.96. The third kappa shape index (κ3) is 3.87. The van der Waals surface area contributed by atoms with Crippen LogP contribution < -0.4 is 4.90 Å². The standard InChI is InChI=1S/C34H26N4/c1-3-13-27(14-4-1)37(28-15-5-2-6-16-28)29-22-20-26(21-23-29)34-36-30-17-7-8-18-31(30)38(34)32-19-9-11-25-12-10-24-35-33(25)32/h1-9,11-24,33H,10H2. The minimum absolute atomic E-state index is 0.0176. The van der Waals surface area contributed by atoms with Crippen LogP contribution in [0.25, 0.3) is 28.1 Å². The van der Waals surface area contributed by atoms with E-state index in [1.807, 2.05) is 24.4 Å². The maximum Gasteiger partial charge on any atom is 0.145 e. The number of hydrogen-bond donors (Lipinski definition) is 0. The number of rotatable bonds is 5. The second-order valence-electron chi connectivity index (χ2n) is 9.44. The zero-order valence-electron chi connectivity index (χ0n) is 20.9. The molecule has 1 unspecified atom stereocenters. The van der Waals surface area contributed by atoms with E-state index in [1.54, 1.807) is 0 Å². The summed E-state index contributed by atoms with van der Waals surface area (Å²) in [4.78, 5) is 12.2. The number of aliphatic imine (C=N–C) groups is 1. The molecule has 0 N–H and O–H groups in total. The highest BCUT2D eigenvalue weighted by molar-refractivity contribution is 5.88. The highest BCUT2D eigenvalue weighted by Crippen LogP contribution is 2.38. The number of fused-ring (bicyclic) bond motifs is 2.